The molecule has 1 atom stereocenters. The summed E-state index contributed by atoms with van der Waals surface area (Å²) in [6.45, 7) is 8.24. The monoisotopic (exact) mass is 349 g/mol. The molecule has 5 nitrogen and oxygen atoms in total. The zero-order chi connectivity index (χ0) is 17.3. The van der Waals surface area contributed by atoms with Crippen molar-refractivity contribution in [2.24, 2.45) is 0 Å². The van der Waals surface area contributed by atoms with Crippen LogP contribution in [-0.2, 0) is 11.2 Å². The van der Waals surface area contributed by atoms with Crippen molar-refractivity contribution in [1.29, 1.82) is 0 Å². The summed E-state index contributed by atoms with van der Waals surface area (Å²) in [7, 11) is 2.08. The van der Waals surface area contributed by atoms with Crippen LogP contribution in [0.2, 0.25) is 0 Å². The lowest BCUT2D eigenvalue weighted by atomic mass is 10.1. The van der Waals surface area contributed by atoms with Crippen molar-refractivity contribution in [1.82, 2.24) is 14.7 Å². The summed E-state index contributed by atoms with van der Waals surface area (Å²) in [5.74, 6) is 0.172. The summed E-state index contributed by atoms with van der Waals surface area (Å²) in [5, 5.41) is 0. The maximum Gasteiger partial charge on any atom is 0.264 e. The van der Waals surface area contributed by atoms with Gasteiger partial charge in [0.25, 0.3) is 5.91 Å². The first-order valence-corrected chi connectivity index (χ1v) is 9.70. The lowest BCUT2D eigenvalue weighted by molar-refractivity contribution is -0.136. The summed E-state index contributed by atoms with van der Waals surface area (Å²) in [6.07, 6.45) is 2.65. The first kappa shape index (κ1) is 17.4. The van der Waals surface area contributed by atoms with Gasteiger partial charge in [-0.05, 0) is 44.9 Å². The van der Waals surface area contributed by atoms with Gasteiger partial charge in [-0.15, -0.1) is 11.3 Å². The normalized spacial score (nSPS) is 22.2. The Bertz CT molecular complexity index is 620. The molecular formula is C18H27N3O2S. The van der Waals surface area contributed by atoms with Crippen molar-refractivity contribution < 1.29 is 9.59 Å². The standard InChI is InChI=1S/C18H27N3O2S/c1-4-14-12-16(24-13(14)2)18(23)21-7-5-6-15(21)17(22)20-10-8-19(3)9-11-20/h12,15H,4-11H2,1-3H3/t15-/m1/s1. The lowest BCUT2D eigenvalue weighted by Gasteiger charge is -2.35. The number of likely N-dealkylation sites (tertiary alicyclic amines) is 1. The summed E-state index contributed by atoms with van der Waals surface area (Å²) < 4.78 is 0. The van der Waals surface area contributed by atoms with Gasteiger partial charge >= 0.3 is 0 Å². The minimum absolute atomic E-state index is 0.0350. The Morgan fingerprint density at radius 1 is 1.21 bits per heavy atom. The lowest BCUT2D eigenvalue weighted by Crippen LogP contribution is -2.53. The van der Waals surface area contributed by atoms with E-state index in [0.717, 1.165) is 50.3 Å². The number of thiophene rings is 1. The highest BCUT2D eigenvalue weighted by molar-refractivity contribution is 7.14. The first-order chi connectivity index (χ1) is 11.5. The fraction of sp³-hybridized carbons (Fsp3) is 0.667. The first-order valence-electron chi connectivity index (χ1n) is 8.89. The number of amides is 2. The van der Waals surface area contributed by atoms with E-state index in [9.17, 15) is 9.59 Å². The molecular weight excluding hydrogens is 322 g/mol. The highest BCUT2D eigenvalue weighted by Gasteiger charge is 2.37. The Hall–Kier alpha value is -1.40. The number of likely N-dealkylation sites (N-methyl/N-ethyl adjacent to an activating group) is 1. The smallest absolute Gasteiger partial charge is 0.264 e. The molecule has 2 aliphatic rings. The maximum atomic E-state index is 12.9. The van der Waals surface area contributed by atoms with Gasteiger partial charge in [0, 0.05) is 37.6 Å². The number of carbonyl (C=O) groups excluding carboxylic acids is 2. The summed E-state index contributed by atoms with van der Waals surface area (Å²) in [4.78, 5) is 33.8. The number of nitrogens with zero attached hydrogens (tertiary/aromatic N) is 3. The number of hydrogen-bond acceptors (Lipinski definition) is 4. The highest BCUT2D eigenvalue weighted by atomic mass is 32.1. The fourth-order valence-corrected chi connectivity index (χ4v) is 4.69. The zero-order valence-electron chi connectivity index (χ0n) is 14.9. The molecule has 0 N–H and O–H groups in total. The van der Waals surface area contributed by atoms with Gasteiger partial charge in [-0.2, -0.15) is 0 Å². The minimum atomic E-state index is -0.270. The molecule has 2 aliphatic heterocycles. The predicted molar refractivity (Wildman–Crippen MR) is 96.6 cm³/mol. The van der Waals surface area contributed by atoms with Crippen molar-refractivity contribution in [2.75, 3.05) is 39.8 Å². The molecule has 3 rings (SSSR count). The Morgan fingerprint density at radius 3 is 2.54 bits per heavy atom. The minimum Gasteiger partial charge on any atom is -0.338 e. The second-order valence-electron chi connectivity index (χ2n) is 6.83. The second-order valence-corrected chi connectivity index (χ2v) is 8.09. The van der Waals surface area contributed by atoms with E-state index in [0.29, 0.717) is 6.54 Å². The number of aryl methyl sites for hydroxylation is 2. The number of carbonyl (C=O) groups is 2. The average molecular weight is 350 g/mol. The van der Waals surface area contributed by atoms with Crippen molar-refractivity contribution in [3.8, 4) is 0 Å². The van der Waals surface area contributed by atoms with Crippen molar-refractivity contribution in [3.63, 3.8) is 0 Å². The molecule has 0 unspecified atom stereocenters. The zero-order valence-corrected chi connectivity index (χ0v) is 15.7. The molecule has 2 saturated heterocycles. The van der Waals surface area contributed by atoms with Crippen LogP contribution in [0, 0.1) is 6.92 Å². The van der Waals surface area contributed by atoms with Crippen LogP contribution in [0.15, 0.2) is 6.07 Å². The number of rotatable bonds is 3. The second kappa shape index (κ2) is 7.23. The molecule has 1 aromatic rings. The SMILES string of the molecule is CCc1cc(C(=O)N2CCC[C@@H]2C(=O)N2CCN(C)CC2)sc1C. The van der Waals surface area contributed by atoms with Gasteiger partial charge < -0.3 is 14.7 Å². The molecule has 2 fully saturated rings. The van der Waals surface area contributed by atoms with Crippen LogP contribution in [0.3, 0.4) is 0 Å². The van der Waals surface area contributed by atoms with Gasteiger partial charge in [-0.25, -0.2) is 0 Å². The van der Waals surface area contributed by atoms with Crippen molar-refractivity contribution in [2.45, 2.75) is 39.2 Å². The molecule has 0 spiro atoms. The molecule has 3 heterocycles. The van der Waals surface area contributed by atoms with Crippen LogP contribution >= 0.6 is 11.3 Å². The fourth-order valence-electron chi connectivity index (χ4n) is 3.62. The van der Waals surface area contributed by atoms with Crippen LogP contribution in [0.1, 0.15) is 39.9 Å². The van der Waals surface area contributed by atoms with Crippen LogP contribution in [-0.4, -0.2) is 72.3 Å². The summed E-state index contributed by atoms with van der Waals surface area (Å²) in [6, 6.07) is 1.74. The molecule has 1 aromatic heterocycles. The van der Waals surface area contributed by atoms with E-state index < -0.39 is 0 Å². The van der Waals surface area contributed by atoms with Crippen molar-refractivity contribution in [3.05, 3.63) is 21.4 Å². The molecule has 132 valence electrons. The van der Waals surface area contributed by atoms with Gasteiger partial charge in [0.15, 0.2) is 0 Å². The molecule has 6 heteroatoms. The quantitative estimate of drug-likeness (QED) is 0.838. The van der Waals surface area contributed by atoms with E-state index in [2.05, 4.69) is 25.8 Å². The third-order valence-corrected chi connectivity index (χ3v) is 6.31. The summed E-state index contributed by atoms with van der Waals surface area (Å²) >= 11 is 1.56. The van der Waals surface area contributed by atoms with Crippen LogP contribution < -0.4 is 0 Å². The van der Waals surface area contributed by atoms with Gasteiger partial charge in [0.1, 0.15) is 6.04 Å². The Labute approximate surface area is 148 Å². The molecule has 0 radical (unpaired) electrons. The van der Waals surface area contributed by atoms with E-state index in [1.165, 1.54) is 10.4 Å². The summed E-state index contributed by atoms with van der Waals surface area (Å²) in [5.41, 5.74) is 1.24. The van der Waals surface area contributed by atoms with Crippen LogP contribution in [0.5, 0.6) is 0 Å². The Morgan fingerprint density at radius 2 is 1.92 bits per heavy atom. The topological polar surface area (TPSA) is 43.9 Å². The van der Waals surface area contributed by atoms with Crippen LogP contribution in [0.25, 0.3) is 0 Å². The van der Waals surface area contributed by atoms with Gasteiger partial charge in [0.05, 0.1) is 4.88 Å². The Kier molecular flexibility index (Phi) is 5.25. The molecule has 0 saturated carbocycles. The molecule has 24 heavy (non-hydrogen) atoms. The van der Waals surface area contributed by atoms with E-state index in [4.69, 9.17) is 0 Å². The molecule has 0 aromatic carbocycles. The highest BCUT2D eigenvalue weighted by Crippen LogP contribution is 2.27. The van der Waals surface area contributed by atoms with Crippen molar-refractivity contribution >= 4 is 23.2 Å². The van der Waals surface area contributed by atoms with E-state index in [-0.39, 0.29) is 17.9 Å². The number of hydrogen-bond donors (Lipinski definition) is 0. The molecule has 2 amide bonds. The largest absolute Gasteiger partial charge is 0.338 e. The third kappa shape index (κ3) is 3.35. The predicted octanol–water partition coefficient (Wildman–Crippen LogP) is 2.00. The Balaban J connectivity index is 1.72. The van der Waals surface area contributed by atoms with E-state index >= 15 is 0 Å². The molecule has 0 aliphatic carbocycles. The number of piperazine rings is 1. The van der Waals surface area contributed by atoms with E-state index in [1.807, 2.05) is 15.9 Å². The average Bonchev–Trinajstić information content (AvgIpc) is 3.20. The van der Waals surface area contributed by atoms with E-state index in [1.54, 1.807) is 11.3 Å². The maximum absolute atomic E-state index is 12.9. The molecule has 0 bridgehead atoms. The van der Waals surface area contributed by atoms with Crippen LogP contribution in [0.4, 0.5) is 0 Å². The van der Waals surface area contributed by atoms with Gasteiger partial charge in [-0.3, -0.25) is 9.59 Å². The van der Waals surface area contributed by atoms with Gasteiger partial charge in [-0.1, -0.05) is 6.92 Å². The third-order valence-electron chi connectivity index (χ3n) is 5.23. The van der Waals surface area contributed by atoms with Gasteiger partial charge in [0.2, 0.25) is 5.91 Å².